The second kappa shape index (κ2) is 5.06. The van der Waals surface area contributed by atoms with Crippen LogP contribution in [0.2, 0.25) is 0 Å². The number of benzene rings is 1. The van der Waals surface area contributed by atoms with E-state index < -0.39 is 0 Å². The first-order valence-electron chi connectivity index (χ1n) is 6.31. The fraction of sp³-hybridized carbons (Fsp3) is 0.571. The summed E-state index contributed by atoms with van der Waals surface area (Å²) in [5, 5.41) is 0. The number of nitrogen functional groups attached to an aromatic ring is 1. The molecule has 1 aliphatic rings. The van der Waals surface area contributed by atoms with Crippen molar-refractivity contribution in [3.8, 4) is 5.75 Å². The Morgan fingerprint density at radius 3 is 2.78 bits per heavy atom. The van der Waals surface area contributed by atoms with Gasteiger partial charge >= 0.3 is 0 Å². The minimum atomic E-state index is -0.0895. The van der Waals surface area contributed by atoms with Crippen LogP contribution in [0.5, 0.6) is 5.75 Å². The van der Waals surface area contributed by atoms with Gasteiger partial charge in [-0.1, -0.05) is 0 Å². The van der Waals surface area contributed by atoms with Crippen LogP contribution in [-0.2, 0) is 4.74 Å². The van der Waals surface area contributed by atoms with E-state index in [1.165, 1.54) is 0 Å². The van der Waals surface area contributed by atoms with Gasteiger partial charge in [0, 0.05) is 26.3 Å². The van der Waals surface area contributed by atoms with Crippen molar-refractivity contribution in [3.05, 3.63) is 18.2 Å². The van der Waals surface area contributed by atoms with E-state index in [1.54, 1.807) is 14.2 Å². The van der Waals surface area contributed by atoms with Crippen LogP contribution >= 0.6 is 0 Å². The maximum absolute atomic E-state index is 6.07. The van der Waals surface area contributed by atoms with Crippen LogP contribution in [0.1, 0.15) is 19.8 Å². The molecule has 0 aromatic heterocycles. The molecular weight excluding hydrogens is 228 g/mol. The van der Waals surface area contributed by atoms with E-state index in [2.05, 4.69) is 11.8 Å². The summed E-state index contributed by atoms with van der Waals surface area (Å²) in [4.78, 5) is 2.28. The van der Waals surface area contributed by atoms with Crippen molar-refractivity contribution in [2.75, 3.05) is 37.9 Å². The third kappa shape index (κ3) is 2.53. The highest BCUT2D eigenvalue weighted by molar-refractivity contribution is 5.70. The Kier molecular flexibility index (Phi) is 3.66. The molecule has 2 rings (SSSR count). The second-order valence-corrected chi connectivity index (χ2v) is 5.10. The lowest BCUT2D eigenvalue weighted by molar-refractivity contribution is -0.00463. The summed E-state index contributed by atoms with van der Waals surface area (Å²) in [7, 11) is 3.45. The number of ether oxygens (including phenoxy) is 2. The lowest BCUT2D eigenvalue weighted by Crippen LogP contribution is -2.47. The van der Waals surface area contributed by atoms with Gasteiger partial charge in [0.25, 0.3) is 0 Å². The minimum Gasteiger partial charge on any atom is -0.497 e. The molecule has 1 unspecified atom stereocenters. The van der Waals surface area contributed by atoms with Crippen LogP contribution in [0.25, 0.3) is 0 Å². The van der Waals surface area contributed by atoms with E-state index >= 15 is 0 Å². The lowest BCUT2D eigenvalue weighted by atomic mass is 9.94. The first-order chi connectivity index (χ1) is 8.58. The Bertz CT molecular complexity index is 422. The van der Waals surface area contributed by atoms with Gasteiger partial charge in [-0.2, -0.15) is 0 Å². The number of rotatable bonds is 3. The topological polar surface area (TPSA) is 47.7 Å². The van der Waals surface area contributed by atoms with Crippen molar-refractivity contribution in [1.29, 1.82) is 0 Å². The molecular formula is C14H22N2O2. The molecule has 1 aromatic carbocycles. The summed E-state index contributed by atoms with van der Waals surface area (Å²) in [5.41, 5.74) is 7.80. The maximum atomic E-state index is 6.07. The summed E-state index contributed by atoms with van der Waals surface area (Å²) >= 11 is 0. The Hall–Kier alpha value is -1.42. The Balaban J connectivity index is 2.25. The van der Waals surface area contributed by atoms with Gasteiger partial charge in [-0.15, -0.1) is 0 Å². The highest BCUT2D eigenvalue weighted by Crippen LogP contribution is 2.33. The Labute approximate surface area is 109 Å². The highest BCUT2D eigenvalue weighted by atomic mass is 16.5. The first-order valence-corrected chi connectivity index (χ1v) is 6.31. The molecule has 1 fully saturated rings. The number of nitrogens with zero attached hydrogens (tertiary/aromatic N) is 1. The molecule has 1 saturated heterocycles. The van der Waals surface area contributed by atoms with Crippen LogP contribution < -0.4 is 15.4 Å². The average molecular weight is 250 g/mol. The summed E-state index contributed by atoms with van der Waals surface area (Å²) in [6.45, 7) is 4.02. The van der Waals surface area contributed by atoms with Crippen molar-refractivity contribution in [1.82, 2.24) is 0 Å². The van der Waals surface area contributed by atoms with Gasteiger partial charge < -0.3 is 20.1 Å². The van der Waals surface area contributed by atoms with E-state index in [0.29, 0.717) is 0 Å². The molecule has 4 heteroatoms. The zero-order chi connectivity index (χ0) is 13.2. The molecule has 1 aliphatic heterocycles. The molecule has 4 nitrogen and oxygen atoms in total. The van der Waals surface area contributed by atoms with Crippen molar-refractivity contribution >= 4 is 11.4 Å². The standard InChI is InChI=1S/C14H22N2O2/c1-14(18-3)7-4-8-16(10-14)13-9-11(17-2)5-6-12(13)15/h5-6,9H,4,7-8,10,15H2,1-3H3. The van der Waals surface area contributed by atoms with E-state index in [9.17, 15) is 0 Å². The zero-order valence-electron chi connectivity index (χ0n) is 11.4. The monoisotopic (exact) mass is 250 g/mol. The van der Waals surface area contributed by atoms with Gasteiger partial charge in [0.2, 0.25) is 0 Å². The molecule has 18 heavy (non-hydrogen) atoms. The van der Waals surface area contributed by atoms with Crippen LogP contribution in [0.15, 0.2) is 18.2 Å². The van der Waals surface area contributed by atoms with Crippen molar-refractivity contribution in [2.24, 2.45) is 0 Å². The third-order valence-corrected chi connectivity index (χ3v) is 3.73. The van der Waals surface area contributed by atoms with E-state index in [4.69, 9.17) is 15.2 Å². The summed E-state index contributed by atoms with van der Waals surface area (Å²) in [6, 6.07) is 5.78. The normalized spacial score (nSPS) is 24.1. The number of piperidine rings is 1. The smallest absolute Gasteiger partial charge is 0.121 e. The number of nitrogens with two attached hydrogens (primary N) is 1. The molecule has 100 valence electrons. The Morgan fingerprint density at radius 2 is 2.11 bits per heavy atom. The van der Waals surface area contributed by atoms with Gasteiger partial charge in [-0.05, 0) is 31.9 Å². The molecule has 0 amide bonds. The molecule has 0 spiro atoms. The van der Waals surface area contributed by atoms with E-state index in [-0.39, 0.29) is 5.60 Å². The molecule has 0 saturated carbocycles. The average Bonchev–Trinajstić information content (AvgIpc) is 2.39. The van der Waals surface area contributed by atoms with Crippen LogP contribution in [0.3, 0.4) is 0 Å². The van der Waals surface area contributed by atoms with Gasteiger partial charge in [0.15, 0.2) is 0 Å². The summed E-state index contributed by atoms with van der Waals surface area (Å²) < 4.78 is 10.9. The molecule has 2 N–H and O–H groups in total. The van der Waals surface area contributed by atoms with E-state index in [1.807, 2.05) is 18.2 Å². The number of hydrogen-bond acceptors (Lipinski definition) is 4. The fourth-order valence-electron chi connectivity index (χ4n) is 2.50. The van der Waals surface area contributed by atoms with Crippen LogP contribution in [0.4, 0.5) is 11.4 Å². The highest BCUT2D eigenvalue weighted by Gasteiger charge is 2.31. The van der Waals surface area contributed by atoms with Crippen molar-refractivity contribution in [3.63, 3.8) is 0 Å². The molecule has 0 radical (unpaired) electrons. The predicted molar refractivity (Wildman–Crippen MR) is 74.3 cm³/mol. The quantitative estimate of drug-likeness (QED) is 0.836. The van der Waals surface area contributed by atoms with Crippen LogP contribution in [0, 0.1) is 0 Å². The third-order valence-electron chi connectivity index (χ3n) is 3.73. The molecule has 1 heterocycles. The largest absolute Gasteiger partial charge is 0.497 e. The van der Waals surface area contributed by atoms with Crippen molar-refractivity contribution < 1.29 is 9.47 Å². The fourth-order valence-corrected chi connectivity index (χ4v) is 2.50. The first kappa shape index (κ1) is 13.0. The maximum Gasteiger partial charge on any atom is 0.121 e. The minimum absolute atomic E-state index is 0.0895. The van der Waals surface area contributed by atoms with Crippen molar-refractivity contribution in [2.45, 2.75) is 25.4 Å². The van der Waals surface area contributed by atoms with Gasteiger partial charge in [-0.25, -0.2) is 0 Å². The van der Waals surface area contributed by atoms with Gasteiger partial charge in [-0.3, -0.25) is 0 Å². The number of anilines is 2. The second-order valence-electron chi connectivity index (χ2n) is 5.10. The SMILES string of the molecule is COc1ccc(N)c(N2CCCC(C)(OC)C2)c1. The molecule has 1 aromatic rings. The number of hydrogen-bond donors (Lipinski definition) is 1. The van der Waals surface area contributed by atoms with Gasteiger partial charge in [0.05, 0.1) is 24.1 Å². The molecule has 0 aliphatic carbocycles. The zero-order valence-corrected chi connectivity index (χ0v) is 11.4. The van der Waals surface area contributed by atoms with Crippen LogP contribution in [-0.4, -0.2) is 32.9 Å². The lowest BCUT2D eigenvalue weighted by Gasteiger charge is -2.41. The Morgan fingerprint density at radius 1 is 1.33 bits per heavy atom. The molecule has 0 bridgehead atoms. The number of methoxy groups -OCH3 is 2. The van der Waals surface area contributed by atoms with E-state index in [0.717, 1.165) is 43.1 Å². The summed E-state index contributed by atoms with van der Waals surface area (Å²) in [5.74, 6) is 0.837. The molecule has 1 atom stereocenters. The van der Waals surface area contributed by atoms with Gasteiger partial charge in [0.1, 0.15) is 5.75 Å². The predicted octanol–water partition coefficient (Wildman–Crippen LogP) is 2.28. The summed E-state index contributed by atoms with van der Waals surface area (Å²) in [6.07, 6.45) is 2.20.